The van der Waals surface area contributed by atoms with E-state index >= 15 is 0 Å². The fraction of sp³-hybridized carbons (Fsp3) is 0.214. The van der Waals surface area contributed by atoms with Crippen molar-refractivity contribution in [3.8, 4) is 0 Å². The monoisotopic (exact) mass is 290 g/mol. The number of aromatic nitrogens is 2. The predicted octanol–water partition coefficient (Wildman–Crippen LogP) is 3.01. The average molecular weight is 291 g/mol. The molecule has 0 radical (unpaired) electrons. The predicted molar refractivity (Wildman–Crippen MR) is 79.4 cm³/mol. The molecule has 1 heterocycles. The summed E-state index contributed by atoms with van der Waals surface area (Å²) in [6.45, 7) is 2.62. The number of carbonyl (C=O) groups is 1. The van der Waals surface area contributed by atoms with Crippen molar-refractivity contribution in [3.63, 3.8) is 0 Å². The van der Waals surface area contributed by atoms with Gasteiger partial charge in [0.05, 0.1) is 0 Å². The number of nitrogens with one attached hydrogen (secondary N) is 2. The molecule has 104 valence electrons. The number of benzene rings is 1. The summed E-state index contributed by atoms with van der Waals surface area (Å²) in [5.41, 5.74) is 1.13. The van der Waals surface area contributed by atoms with Crippen molar-refractivity contribution in [2.45, 2.75) is 13.3 Å². The summed E-state index contributed by atoms with van der Waals surface area (Å²) in [4.78, 5) is 19.9. The summed E-state index contributed by atoms with van der Waals surface area (Å²) in [6.07, 6.45) is 2.23. The molecular weight excluding hydrogens is 276 g/mol. The second-order valence-corrected chi connectivity index (χ2v) is 4.62. The number of carbonyl (C=O) groups excluding carboxylic acids is 1. The molecule has 20 heavy (non-hydrogen) atoms. The van der Waals surface area contributed by atoms with Gasteiger partial charge >= 0.3 is 0 Å². The van der Waals surface area contributed by atoms with E-state index in [1.807, 2.05) is 19.1 Å². The van der Waals surface area contributed by atoms with Gasteiger partial charge in [0.25, 0.3) is 5.91 Å². The Bertz CT molecular complexity index is 603. The molecule has 2 aromatic rings. The van der Waals surface area contributed by atoms with Crippen molar-refractivity contribution in [2.75, 3.05) is 11.9 Å². The fourth-order valence-corrected chi connectivity index (χ4v) is 1.78. The number of nitrogens with zero attached hydrogens (tertiary/aromatic N) is 2. The Morgan fingerprint density at radius 2 is 2.15 bits per heavy atom. The summed E-state index contributed by atoms with van der Waals surface area (Å²) in [6, 6.07) is 8.87. The first-order valence-electron chi connectivity index (χ1n) is 6.32. The molecule has 0 unspecified atom stereocenters. The van der Waals surface area contributed by atoms with E-state index in [0.29, 0.717) is 23.1 Å². The van der Waals surface area contributed by atoms with Crippen LogP contribution in [0.3, 0.4) is 0 Å². The highest BCUT2D eigenvalue weighted by molar-refractivity contribution is 6.30. The van der Waals surface area contributed by atoms with Crippen molar-refractivity contribution in [1.29, 1.82) is 0 Å². The average Bonchev–Trinajstić information content (AvgIpc) is 2.45. The van der Waals surface area contributed by atoms with Gasteiger partial charge in [-0.15, -0.1) is 0 Å². The van der Waals surface area contributed by atoms with Crippen LogP contribution in [0.1, 0.15) is 23.8 Å². The first kappa shape index (κ1) is 14.3. The molecule has 0 aliphatic carbocycles. The van der Waals surface area contributed by atoms with Crippen LogP contribution in [0.4, 0.5) is 11.5 Å². The molecule has 6 heteroatoms. The van der Waals surface area contributed by atoms with Gasteiger partial charge in [-0.1, -0.05) is 24.6 Å². The molecule has 0 fully saturated rings. The van der Waals surface area contributed by atoms with Gasteiger partial charge < -0.3 is 10.6 Å². The zero-order chi connectivity index (χ0) is 14.4. The Labute approximate surface area is 122 Å². The molecule has 0 atom stereocenters. The lowest BCUT2D eigenvalue weighted by molar-refractivity contribution is 0.0948. The lowest BCUT2D eigenvalue weighted by Crippen LogP contribution is -2.25. The number of hydrogen-bond acceptors (Lipinski definition) is 4. The Balaban J connectivity index is 2.11. The summed E-state index contributed by atoms with van der Waals surface area (Å²) in [5.74, 6) is 0.340. The number of anilines is 2. The second-order valence-electron chi connectivity index (χ2n) is 4.18. The molecule has 0 spiro atoms. The minimum Gasteiger partial charge on any atom is -0.351 e. The summed E-state index contributed by atoms with van der Waals surface area (Å²) in [7, 11) is 0. The molecular formula is C14H15ClN4O. The molecule has 0 aliphatic rings. The van der Waals surface area contributed by atoms with Crippen LogP contribution in [-0.2, 0) is 0 Å². The highest BCUT2D eigenvalue weighted by atomic mass is 35.5. The van der Waals surface area contributed by atoms with Gasteiger partial charge in [0.2, 0.25) is 0 Å². The highest BCUT2D eigenvalue weighted by Crippen LogP contribution is 2.18. The van der Waals surface area contributed by atoms with Gasteiger partial charge in [0.15, 0.2) is 0 Å². The Morgan fingerprint density at radius 1 is 1.30 bits per heavy atom. The molecule has 2 rings (SSSR count). The maximum atomic E-state index is 11.8. The Hall–Kier alpha value is -2.14. The van der Waals surface area contributed by atoms with E-state index in [1.54, 1.807) is 18.2 Å². The van der Waals surface area contributed by atoms with Crippen LogP contribution in [-0.4, -0.2) is 22.4 Å². The van der Waals surface area contributed by atoms with E-state index < -0.39 is 0 Å². The quantitative estimate of drug-likeness (QED) is 0.888. The Morgan fingerprint density at radius 3 is 2.90 bits per heavy atom. The van der Waals surface area contributed by atoms with Gasteiger partial charge in [-0.3, -0.25) is 4.79 Å². The topological polar surface area (TPSA) is 66.9 Å². The normalized spacial score (nSPS) is 10.1. The second kappa shape index (κ2) is 6.86. The van der Waals surface area contributed by atoms with Gasteiger partial charge in [-0.25, -0.2) is 9.97 Å². The zero-order valence-corrected chi connectivity index (χ0v) is 11.8. The van der Waals surface area contributed by atoms with Crippen molar-refractivity contribution in [2.24, 2.45) is 0 Å². The first-order valence-corrected chi connectivity index (χ1v) is 6.69. The van der Waals surface area contributed by atoms with E-state index in [-0.39, 0.29) is 5.91 Å². The van der Waals surface area contributed by atoms with Gasteiger partial charge in [0, 0.05) is 23.3 Å². The van der Waals surface area contributed by atoms with Crippen molar-refractivity contribution in [3.05, 3.63) is 47.4 Å². The molecule has 1 amide bonds. The van der Waals surface area contributed by atoms with E-state index in [0.717, 1.165) is 12.1 Å². The maximum Gasteiger partial charge on any atom is 0.270 e. The van der Waals surface area contributed by atoms with Crippen LogP contribution >= 0.6 is 11.6 Å². The van der Waals surface area contributed by atoms with Crippen molar-refractivity contribution >= 4 is 29.0 Å². The van der Waals surface area contributed by atoms with Crippen LogP contribution in [0.2, 0.25) is 5.02 Å². The maximum absolute atomic E-state index is 11.8. The SMILES string of the molecule is CCCNC(=O)c1cc(Nc2cccc(Cl)c2)ncn1. The number of halogens is 1. The summed E-state index contributed by atoms with van der Waals surface area (Å²) < 4.78 is 0. The Kier molecular flexibility index (Phi) is 4.90. The molecule has 1 aromatic heterocycles. The third-order valence-corrected chi connectivity index (χ3v) is 2.77. The molecule has 0 saturated heterocycles. The number of amides is 1. The largest absolute Gasteiger partial charge is 0.351 e. The molecule has 1 aromatic carbocycles. The smallest absolute Gasteiger partial charge is 0.270 e. The molecule has 0 bridgehead atoms. The third kappa shape index (κ3) is 3.93. The van der Waals surface area contributed by atoms with E-state index in [9.17, 15) is 4.79 Å². The molecule has 0 aliphatic heterocycles. The number of rotatable bonds is 5. The minimum atomic E-state index is -0.205. The van der Waals surface area contributed by atoms with Crippen LogP contribution < -0.4 is 10.6 Å². The van der Waals surface area contributed by atoms with Crippen molar-refractivity contribution < 1.29 is 4.79 Å². The molecule has 5 nitrogen and oxygen atoms in total. The highest BCUT2D eigenvalue weighted by Gasteiger charge is 2.07. The lowest BCUT2D eigenvalue weighted by Gasteiger charge is -2.07. The molecule has 2 N–H and O–H groups in total. The standard InChI is InChI=1S/C14H15ClN4O/c1-2-6-16-14(20)12-8-13(18-9-17-12)19-11-5-3-4-10(15)7-11/h3-5,7-9H,2,6H2,1H3,(H,16,20)(H,17,18,19). The zero-order valence-electron chi connectivity index (χ0n) is 11.1. The van der Waals surface area contributed by atoms with Crippen molar-refractivity contribution in [1.82, 2.24) is 15.3 Å². The van der Waals surface area contributed by atoms with Gasteiger partial charge in [-0.2, -0.15) is 0 Å². The van der Waals surface area contributed by atoms with Crippen LogP contribution in [0, 0.1) is 0 Å². The first-order chi connectivity index (χ1) is 9.69. The third-order valence-electron chi connectivity index (χ3n) is 2.53. The van der Waals surface area contributed by atoms with E-state index in [2.05, 4.69) is 20.6 Å². The molecule has 0 saturated carbocycles. The van der Waals surface area contributed by atoms with Gasteiger partial charge in [0.1, 0.15) is 17.8 Å². The summed E-state index contributed by atoms with van der Waals surface area (Å²) >= 11 is 5.91. The fourth-order valence-electron chi connectivity index (χ4n) is 1.59. The van der Waals surface area contributed by atoms with E-state index in [4.69, 9.17) is 11.6 Å². The van der Waals surface area contributed by atoms with Crippen LogP contribution in [0.15, 0.2) is 36.7 Å². The van der Waals surface area contributed by atoms with Gasteiger partial charge in [-0.05, 0) is 24.6 Å². The minimum absolute atomic E-state index is 0.205. The van der Waals surface area contributed by atoms with Crippen LogP contribution in [0.5, 0.6) is 0 Å². The van der Waals surface area contributed by atoms with E-state index in [1.165, 1.54) is 6.33 Å². The summed E-state index contributed by atoms with van der Waals surface area (Å²) in [5, 5.41) is 6.48. The number of hydrogen-bond donors (Lipinski definition) is 2. The van der Waals surface area contributed by atoms with Crippen LogP contribution in [0.25, 0.3) is 0 Å². The lowest BCUT2D eigenvalue weighted by atomic mass is 10.3.